The van der Waals surface area contributed by atoms with Gasteiger partial charge in [-0.1, -0.05) is 39.3 Å². The Labute approximate surface area is 135 Å². The van der Waals surface area contributed by atoms with Crippen LogP contribution in [0.2, 0.25) is 0 Å². The molecule has 1 N–H and O–H groups in total. The average molecular weight is 325 g/mol. The second-order valence-electron chi connectivity index (χ2n) is 5.77. The summed E-state index contributed by atoms with van der Waals surface area (Å²) in [7, 11) is 0. The Kier molecular flexibility index (Phi) is 6.50. The Bertz CT molecular complexity index is 471. The van der Waals surface area contributed by atoms with Crippen LogP contribution < -0.4 is 5.48 Å². The van der Waals surface area contributed by atoms with Crippen molar-refractivity contribution in [2.45, 2.75) is 51.9 Å². The van der Waals surface area contributed by atoms with Gasteiger partial charge in [-0.25, -0.2) is 15.1 Å². The number of carbonyl (C=O) groups excluding carboxylic acids is 3. The molecule has 1 amide bonds. The Morgan fingerprint density at radius 3 is 1.96 bits per heavy atom. The van der Waals surface area contributed by atoms with Crippen LogP contribution in [0.4, 0.5) is 0 Å². The molecule has 1 saturated carbocycles. The Balaban J connectivity index is 2.74. The number of carbonyl (C=O) groups is 3. The molecule has 0 unspecified atom stereocenters. The molecule has 7 nitrogen and oxygen atoms in total. The van der Waals surface area contributed by atoms with Crippen molar-refractivity contribution in [3.63, 3.8) is 0 Å². The number of hydrogen-bond acceptors (Lipinski definition) is 6. The lowest BCUT2D eigenvalue weighted by Crippen LogP contribution is -2.48. The zero-order chi connectivity index (χ0) is 17.5. The van der Waals surface area contributed by atoms with Gasteiger partial charge in [0.05, 0.1) is 0 Å². The smallest absolute Gasteiger partial charge is 0.393 e. The van der Waals surface area contributed by atoms with Crippen LogP contribution in [-0.4, -0.2) is 23.8 Å². The van der Waals surface area contributed by atoms with Crippen molar-refractivity contribution >= 4 is 17.8 Å². The van der Waals surface area contributed by atoms with Crippen molar-refractivity contribution in [2.75, 3.05) is 0 Å². The van der Waals surface area contributed by atoms with E-state index < -0.39 is 23.3 Å². The first-order chi connectivity index (χ1) is 10.7. The molecular formula is C16H23NO6. The van der Waals surface area contributed by atoms with Gasteiger partial charge < -0.3 is 9.47 Å². The van der Waals surface area contributed by atoms with Crippen molar-refractivity contribution in [3.05, 3.63) is 25.3 Å². The predicted molar refractivity (Wildman–Crippen MR) is 81.4 cm³/mol. The molecule has 0 radical (unpaired) electrons. The zero-order valence-electron chi connectivity index (χ0n) is 13.6. The molecule has 0 spiro atoms. The van der Waals surface area contributed by atoms with Crippen LogP contribution in [-0.2, 0) is 28.7 Å². The summed E-state index contributed by atoms with van der Waals surface area (Å²) >= 11 is 0. The van der Waals surface area contributed by atoms with Gasteiger partial charge in [-0.15, -0.1) is 0 Å². The van der Waals surface area contributed by atoms with Gasteiger partial charge in [0.15, 0.2) is 0 Å². The van der Waals surface area contributed by atoms with Gasteiger partial charge in [0.1, 0.15) is 0 Å². The van der Waals surface area contributed by atoms with Crippen molar-refractivity contribution in [3.8, 4) is 0 Å². The minimum atomic E-state index is -2.11. The number of ether oxygens (including phenoxy) is 2. The minimum Gasteiger partial charge on any atom is -0.393 e. The number of nitrogens with one attached hydrogen (secondary N) is 1. The Hall–Kier alpha value is -2.15. The van der Waals surface area contributed by atoms with Gasteiger partial charge in [0.25, 0.3) is 0 Å². The van der Waals surface area contributed by atoms with E-state index in [2.05, 4.69) is 18.6 Å². The molecule has 0 bridgehead atoms. The lowest BCUT2D eigenvalue weighted by molar-refractivity contribution is -0.350. The van der Waals surface area contributed by atoms with Gasteiger partial charge >= 0.3 is 17.9 Å². The standard InChI is InChI=1S/C16H23NO6/c1-5-12(18)21-16(4,22-13(19)6-2)23-17-14(20)15(3)10-8-7-9-11-15/h5-6H,1-2,7-11H2,3-4H3,(H,17,20). The van der Waals surface area contributed by atoms with E-state index in [1.54, 1.807) is 0 Å². The fourth-order valence-corrected chi connectivity index (χ4v) is 2.33. The van der Waals surface area contributed by atoms with Crippen molar-refractivity contribution < 1.29 is 28.7 Å². The summed E-state index contributed by atoms with van der Waals surface area (Å²) in [6.45, 7) is 9.51. The first-order valence-electron chi connectivity index (χ1n) is 7.44. The predicted octanol–water partition coefficient (Wildman–Crippen LogP) is 2.14. The van der Waals surface area contributed by atoms with Gasteiger partial charge in [-0.2, -0.15) is 4.84 Å². The highest BCUT2D eigenvalue weighted by atomic mass is 16.9. The summed E-state index contributed by atoms with van der Waals surface area (Å²) in [5.41, 5.74) is 1.67. The number of hydroxylamine groups is 1. The molecule has 23 heavy (non-hydrogen) atoms. The van der Waals surface area contributed by atoms with Crippen LogP contribution in [0.3, 0.4) is 0 Å². The minimum absolute atomic E-state index is 0.354. The maximum absolute atomic E-state index is 12.3. The largest absolute Gasteiger partial charge is 0.394 e. The third-order valence-electron chi connectivity index (χ3n) is 3.74. The van der Waals surface area contributed by atoms with Crippen LogP contribution in [0.25, 0.3) is 0 Å². The lowest BCUT2D eigenvalue weighted by Gasteiger charge is -2.33. The normalized spacial score (nSPS) is 16.8. The highest BCUT2D eigenvalue weighted by Gasteiger charge is 2.39. The molecule has 128 valence electrons. The molecule has 0 heterocycles. The SMILES string of the molecule is C=CC(=O)OC(C)(ONC(=O)C1(C)CCCCC1)OC(=O)C=C. The topological polar surface area (TPSA) is 90.9 Å². The maximum Gasteiger partial charge on any atom is 0.394 e. The van der Waals surface area contributed by atoms with E-state index in [-0.39, 0.29) is 5.91 Å². The van der Waals surface area contributed by atoms with E-state index in [9.17, 15) is 14.4 Å². The fourth-order valence-electron chi connectivity index (χ4n) is 2.33. The number of rotatable bonds is 7. The zero-order valence-corrected chi connectivity index (χ0v) is 13.6. The highest BCUT2D eigenvalue weighted by Crippen LogP contribution is 2.36. The average Bonchev–Trinajstić information content (AvgIpc) is 2.52. The van der Waals surface area contributed by atoms with E-state index in [4.69, 9.17) is 14.3 Å². The number of amides is 1. The first-order valence-corrected chi connectivity index (χ1v) is 7.44. The molecule has 1 aliphatic carbocycles. The van der Waals surface area contributed by atoms with Gasteiger partial charge in [0.2, 0.25) is 5.91 Å². The van der Waals surface area contributed by atoms with Crippen LogP contribution in [0.1, 0.15) is 46.0 Å². The molecule has 0 aliphatic heterocycles. The van der Waals surface area contributed by atoms with Gasteiger partial charge in [0, 0.05) is 24.5 Å². The highest BCUT2D eigenvalue weighted by molar-refractivity contribution is 5.83. The van der Waals surface area contributed by atoms with Crippen molar-refractivity contribution in [2.24, 2.45) is 5.41 Å². The summed E-state index contributed by atoms with van der Waals surface area (Å²) < 4.78 is 9.69. The lowest BCUT2D eigenvalue weighted by atomic mass is 9.75. The molecule has 0 aromatic heterocycles. The Morgan fingerprint density at radius 2 is 1.52 bits per heavy atom. The van der Waals surface area contributed by atoms with Gasteiger partial charge in [-0.05, 0) is 12.8 Å². The molecule has 1 aliphatic rings. The summed E-state index contributed by atoms with van der Waals surface area (Å²) in [4.78, 5) is 40.1. The molecular weight excluding hydrogens is 302 g/mol. The molecule has 1 fully saturated rings. The quantitative estimate of drug-likeness (QED) is 0.334. The molecule has 7 heteroatoms. The molecule has 0 saturated heterocycles. The first kappa shape index (κ1) is 18.9. The molecule has 0 aromatic carbocycles. The fraction of sp³-hybridized carbons (Fsp3) is 0.562. The molecule has 0 atom stereocenters. The van der Waals surface area contributed by atoms with Gasteiger partial charge in [-0.3, -0.25) is 4.79 Å². The summed E-state index contributed by atoms with van der Waals surface area (Å²) in [5, 5.41) is 0. The molecule has 1 rings (SSSR count). The van der Waals surface area contributed by atoms with Crippen LogP contribution >= 0.6 is 0 Å². The number of hydrogen-bond donors (Lipinski definition) is 1. The summed E-state index contributed by atoms with van der Waals surface area (Å²) in [5.74, 6) is -4.21. The van der Waals surface area contributed by atoms with Crippen molar-refractivity contribution in [1.29, 1.82) is 0 Å². The van der Waals surface area contributed by atoms with E-state index >= 15 is 0 Å². The van der Waals surface area contributed by atoms with Crippen LogP contribution in [0.15, 0.2) is 25.3 Å². The summed E-state index contributed by atoms with van der Waals surface area (Å²) in [6, 6.07) is 0. The van der Waals surface area contributed by atoms with E-state index in [1.165, 1.54) is 6.92 Å². The van der Waals surface area contributed by atoms with E-state index in [0.29, 0.717) is 0 Å². The molecule has 0 aromatic rings. The third-order valence-corrected chi connectivity index (χ3v) is 3.74. The van der Waals surface area contributed by atoms with E-state index in [0.717, 1.165) is 44.3 Å². The second kappa shape index (κ2) is 7.92. The third kappa shape index (κ3) is 5.52. The summed E-state index contributed by atoms with van der Waals surface area (Å²) in [6.07, 6.45) is 6.24. The Morgan fingerprint density at radius 1 is 1.04 bits per heavy atom. The van der Waals surface area contributed by atoms with Crippen molar-refractivity contribution in [1.82, 2.24) is 5.48 Å². The van der Waals surface area contributed by atoms with Crippen LogP contribution in [0, 0.1) is 5.41 Å². The second-order valence-corrected chi connectivity index (χ2v) is 5.77. The van der Waals surface area contributed by atoms with Crippen LogP contribution in [0.5, 0.6) is 0 Å². The van der Waals surface area contributed by atoms with E-state index in [1.807, 2.05) is 6.92 Å². The maximum atomic E-state index is 12.3. The monoisotopic (exact) mass is 325 g/mol. The number of esters is 2.